The van der Waals surface area contributed by atoms with Crippen molar-refractivity contribution in [2.24, 2.45) is 0 Å². The lowest BCUT2D eigenvalue weighted by Crippen LogP contribution is -2.13. The molecule has 120 valence electrons. The molecule has 0 bridgehead atoms. The quantitative estimate of drug-likeness (QED) is 0.788. The van der Waals surface area contributed by atoms with Crippen LogP contribution in [0.3, 0.4) is 0 Å². The summed E-state index contributed by atoms with van der Waals surface area (Å²) in [5, 5.41) is 9.02. The molecule has 0 heterocycles. The molecule has 0 spiro atoms. The van der Waals surface area contributed by atoms with Crippen molar-refractivity contribution in [2.75, 3.05) is 11.3 Å². The molecule has 0 unspecified atom stereocenters. The average molecular weight is 330 g/mol. The molecule has 5 nitrogen and oxygen atoms in total. The molecule has 0 aromatic heterocycles. The third-order valence-electron chi connectivity index (χ3n) is 3.19. The van der Waals surface area contributed by atoms with Crippen LogP contribution in [0.4, 0.5) is 5.69 Å². The van der Waals surface area contributed by atoms with Crippen LogP contribution in [0.1, 0.15) is 25.3 Å². The van der Waals surface area contributed by atoms with E-state index in [4.69, 9.17) is 10.00 Å². The van der Waals surface area contributed by atoms with Crippen LogP contribution in [0.2, 0.25) is 0 Å². The first kappa shape index (κ1) is 16.8. The molecule has 2 aromatic carbocycles. The Morgan fingerprint density at radius 3 is 2.48 bits per heavy atom. The molecule has 2 aromatic rings. The molecule has 0 amide bonds. The van der Waals surface area contributed by atoms with E-state index in [1.165, 1.54) is 12.1 Å². The smallest absolute Gasteiger partial charge is 0.261 e. The van der Waals surface area contributed by atoms with Gasteiger partial charge in [0, 0.05) is 0 Å². The van der Waals surface area contributed by atoms with Crippen molar-refractivity contribution in [3.8, 4) is 11.8 Å². The van der Waals surface area contributed by atoms with Crippen LogP contribution in [-0.4, -0.2) is 15.0 Å². The molecule has 0 aliphatic rings. The number of nitriles is 1. The summed E-state index contributed by atoms with van der Waals surface area (Å²) in [5.41, 5.74) is 0.536. The van der Waals surface area contributed by atoms with Gasteiger partial charge in [0.2, 0.25) is 0 Å². The highest BCUT2D eigenvalue weighted by molar-refractivity contribution is 7.92. The maximum absolute atomic E-state index is 12.4. The SMILES string of the molecule is CCCCOc1ccc(S(=O)(=O)Nc2ccccc2C#N)cc1. The van der Waals surface area contributed by atoms with Crippen molar-refractivity contribution in [1.82, 2.24) is 0 Å². The second-order valence-corrected chi connectivity index (χ2v) is 6.62. The van der Waals surface area contributed by atoms with Gasteiger partial charge >= 0.3 is 0 Å². The molecule has 6 heteroatoms. The predicted molar refractivity (Wildman–Crippen MR) is 88.8 cm³/mol. The molecule has 1 N–H and O–H groups in total. The normalized spacial score (nSPS) is 10.8. The van der Waals surface area contributed by atoms with Crippen LogP contribution in [0.15, 0.2) is 53.4 Å². The van der Waals surface area contributed by atoms with E-state index >= 15 is 0 Å². The van der Waals surface area contributed by atoms with Gasteiger partial charge in [-0.15, -0.1) is 0 Å². The zero-order valence-electron chi connectivity index (χ0n) is 12.8. The van der Waals surface area contributed by atoms with Gasteiger partial charge in [0.15, 0.2) is 0 Å². The number of benzene rings is 2. The van der Waals surface area contributed by atoms with E-state index in [9.17, 15) is 8.42 Å². The molecule has 0 saturated heterocycles. The lowest BCUT2D eigenvalue weighted by molar-refractivity contribution is 0.309. The zero-order chi connectivity index (χ0) is 16.7. The largest absolute Gasteiger partial charge is 0.494 e. The maximum Gasteiger partial charge on any atom is 0.261 e. The Bertz CT molecular complexity index is 793. The number of nitrogens with zero attached hydrogens (tertiary/aromatic N) is 1. The van der Waals surface area contributed by atoms with Gasteiger partial charge in [0.25, 0.3) is 10.0 Å². The van der Waals surface area contributed by atoms with Gasteiger partial charge in [0.05, 0.1) is 22.8 Å². The van der Waals surface area contributed by atoms with Gasteiger partial charge in [-0.05, 0) is 42.8 Å². The van der Waals surface area contributed by atoms with E-state index in [2.05, 4.69) is 11.6 Å². The molecule has 0 aliphatic heterocycles. The van der Waals surface area contributed by atoms with Crippen LogP contribution in [0.5, 0.6) is 5.75 Å². The Labute approximate surface area is 136 Å². The number of hydrogen-bond donors (Lipinski definition) is 1. The number of ether oxygens (including phenoxy) is 1. The Kier molecular flexibility index (Phi) is 5.61. The van der Waals surface area contributed by atoms with Crippen LogP contribution in [-0.2, 0) is 10.0 Å². The molecule has 0 radical (unpaired) electrons. The molecular weight excluding hydrogens is 312 g/mol. The van der Waals surface area contributed by atoms with E-state index in [-0.39, 0.29) is 16.1 Å². The second kappa shape index (κ2) is 7.65. The third-order valence-corrected chi connectivity index (χ3v) is 4.57. The van der Waals surface area contributed by atoms with E-state index in [1.807, 2.05) is 6.07 Å². The second-order valence-electron chi connectivity index (χ2n) is 4.94. The van der Waals surface area contributed by atoms with E-state index in [1.54, 1.807) is 36.4 Å². The minimum Gasteiger partial charge on any atom is -0.494 e. The Hall–Kier alpha value is -2.52. The summed E-state index contributed by atoms with van der Waals surface area (Å²) in [7, 11) is -3.74. The van der Waals surface area contributed by atoms with Crippen molar-refractivity contribution in [3.05, 3.63) is 54.1 Å². The Morgan fingerprint density at radius 2 is 1.83 bits per heavy atom. The fourth-order valence-corrected chi connectivity index (χ4v) is 3.00. The number of nitrogens with one attached hydrogen (secondary N) is 1. The summed E-state index contributed by atoms with van der Waals surface area (Å²) >= 11 is 0. The van der Waals surface area contributed by atoms with E-state index < -0.39 is 10.0 Å². The van der Waals surface area contributed by atoms with Crippen LogP contribution in [0.25, 0.3) is 0 Å². The zero-order valence-corrected chi connectivity index (χ0v) is 13.6. The van der Waals surface area contributed by atoms with Crippen molar-refractivity contribution in [1.29, 1.82) is 5.26 Å². The van der Waals surface area contributed by atoms with Gasteiger partial charge < -0.3 is 4.74 Å². The molecule has 0 aliphatic carbocycles. The summed E-state index contributed by atoms with van der Waals surface area (Å²) in [5.74, 6) is 0.634. The number of sulfonamides is 1. The maximum atomic E-state index is 12.4. The Balaban J connectivity index is 2.15. The fourth-order valence-electron chi connectivity index (χ4n) is 1.92. The van der Waals surface area contributed by atoms with Crippen LogP contribution < -0.4 is 9.46 Å². The van der Waals surface area contributed by atoms with Gasteiger partial charge in [-0.1, -0.05) is 25.5 Å². The molecular formula is C17H18N2O3S. The Morgan fingerprint density at radius 1 is 1.13 bits per heavy atom. The topological polar surface area (TPSA) is 79.2 Å². The summed E-state index contributed by atoms with van der Waals surface area (Å²) in [4.78, 5) is 0.119. The van der Waals surface area contributed by atoms with Crippen LogP contribution >= 0.6 is 0 Å². The highest BCUT2D eigenvalue weighted by Gasteiger charge is 2.15. The molecule has 0 saturated carbocycles. The highest BCUT2D eigenvalue weighted by Crippen LogP contribution is 2.21. The lowest BCUT2D eigenvalue weighted by atomic mass is 10.2. The van der Waals surface area contributed by atoms with Crippen LogP contribution in [0, 0.1) is 11.3 Å². The first-order chi connectivity index (χ1) is 11.1. The number of para-hydroxylation sites is 1. The standard InChI is InChI=1S/C17H18N2O3S/c1-2-3-12-22-15-8-10-16(11-9-15)23(20,21)19-17-7-5-4-6-14(17)13-18/h4-11,19H,2-3,12H2,1H3. The summed E-state index contributed by atoms with van der Waals surface area (Å²) in [6, 6.07) is 14.6. The van der Waals surface area contributed by atoms with Crippen molar-refractivity contribution < 1.29 is 13.2 Å². The first-order valence-electron chi connectivity index (χ1n) is 7.31. The van der Waals surface area contributed by atoms with Crippen molar-refractivity contribution >= 4 is 15.7 Å². The van der Waals surface area contributed by atoms with Gasteiger partial charge in [-0.2, -0.15) is 5.26 Å². The average Bonchev–Trinajstić information content (AvgIpc) is 2.56. The van der Waals surface area contributed by atoms with Crippen molar-refractivity contribution in [3.63, 3.8) is 0 Å². The number of anilines is 1. The number of rotatable bonds is 7. The minimum absolute atomic E-state index is 0.119. The summed E-state index contributed by atoms with van der Waals surface area (Å²) in [6.07, 6.45) is 1.99. The van der Waals surface area contributed by atoms with Gasteiger partial charge in [-0.25, -0.2) is 8.42 Å². The third kappa shape index (κ3) is 4.47. The predicted octanol–water partition coefficient (Wildman–Crippen LogP) is 3.54. The number of unbranched alkanes of at least 4 members (excludes halogenated alkanes) is 1. The molecule has 23 heavy (non-hydrogen) atoms. The highest BCUT2D eigenvalue weighted by atomic mass is 32.2. The van der Waals surface area contributed by atoms with E-state index in [0.29, 0.717) is 12.4 Å². The molecule has 2 rings (SSSR count). The van der Waals surface area contributed by atoms with Crippen molar-refractivity contribution in [2.45, 2.75) is 24.7 Å². The molecule has 0 fully saturated rings. The summed E-state index contributed by atoms with van der Waals surface area (Å²) < 4.78 is 32.7. The molecule has 0 atom stereocenters. The number of hydrogen-bond acceptors (Lipinski definition) is 4. The fraction of sp³-hybridized carbons (Fsp3) is 0.235. The van der Waals surface area contributed by atoms with Gasteiger partial charge in [0.1, 0.15) is 11.8 Å². The lowest BCUT2D eigenvalue weighted by Gasteiger charge is -2.10. The minimum atomic E-state index is -3.74. The monoisotopic (exact) mass is 330 g/mol. The first-order valence-corrected chi connectivity index (χ1v) is 8.80. The van der Waals surface area contributed by atoms with Gasteiger partial charge in [-0.3, -0.25) is 4.72 Å². The summed E-state index contributed by atoms with van der Waals surface area (Å²) in [6.45, 7) is 2.68. The van der Waals surface area contributed by atoms with E-state index in [0.717, 1.165) is 12.8 Å².